The Kier molecular flexibility index (Phi) is 5.48. The molecular weight excluding hydrogens is 380 g/mol. The molecule has 1 aliphatic rings. The lowest BCUT2D eigenvalue weighted by atomic mass is 10.1. The topological polar surface area (TPSA) is 92.5 Å². The van der Waals surface area contributed by atoms with Gasteiger partial charge in [0, 0.05) is 24.2 Å². The van der Waals surface area contributed by atoms with E-state index >= 15 is 0 Å². The molecule has 2 aromatic heterocycles. The summed E-state index contributed by atoms with van der Waals surface area (Å²) in [4.78, 5) is 35.2. The van der Waals surface area contributed by atoms with Gasteiger partial charge < -0.3 is 10.2 Å². The molecule has 0 aliphatic carbocycles. The quantitative estimate of drug-likeness (QED) is 0.680. The number of amides is 2. The number of carbonyl (C=O) groups excluding carboxylic acids is 2. The fraction of sp³-hybridized carbons (Fsp3) is 0.409. The summed E-state index contributed by atoms with van der Waals surface area (Å²) in [6, 6.07) is 7.02. The van der Waals surface area contributed by atoms with Crippen LogP contribution in [0.25, 0.3) is 17.0 Å². The van der Waals surface area contributed by atoms with Crippen LogP contribution in [0.1, 0.15) is 45.0 Å². The summed E-state index contributed by atoms with van der Waals surface area (Å²) in [7, 11) is 0. The maximum absolute atomic E-state index is 12.5. The van der Waals surface area contributed by atoms with Gasteiger partial charge in [0.1, 0.15) is 6.04 Å². The maximum Gasteiger partial charge on any atom is 0.251 e. The van der Waals surface area contributed by atoms with Gasteiger partial charge >= 0.3 is 0 Å². The van der Waals surface area contributed by atoms with Crippen molar-refractivity contribution in [3.8, 4) is 11.3 Å². The van der Waals surface area contributed by atoms with E-state index in [0.717, 1.165) is 41.9 Å². The van der Waals surface area contributed by atoms with Crippen LogP contribution in [-0.4, -0.2) is 48.9 Å². The second kappa shape index (κ2) is 8.22. The Morgan fingerprint density at radius 1 is 1.13 bits per heavy atom. The largest absolute Gasteiger partial charge is 0.331 e. The van der Waals surface area contributed by atoms with E-state index in [-0.39, 0.29) is 11.8 Å². The van der Waals surface area contributed by atoms with Crippen molar-refractivity contribution >= 4 is 23.3 Å². The fourth-order valence-corrected chi connectivity index (χ4v) is 3.77. The highest BCUT2D eigenvalue weighted by Gasteiger charge is 2.29. The van der Waals surface area contributed by atoms with E-state index in [1.807, 2.05) is 30.5 Å². The van der Waals surface area contributed by atoms with Crippen molar-refractivity contribution < 1.29 is 9.59 Å². The Morgan fingerprint density at radius 2 is 1.87 bits per heavy atom. The van der Waals surface area contributed by atoms with E-state index < -0.39 is 6.04 Å². The number of aryl methyl sites for hydroxylation is 2. The minimum absolute atomic E-state index is 0.0412. The van der Waals surface area contributed by atoms with E-state index in [1.165, 1.54) is 0 Å². The normalized spacial score (nSPS) is 15.0. The van der Waals surface area contributed by atoms with Crippen molar-refractivity contribution in [3.63, 3.8) is 0 Å². The molecule has 0 radical (unpaired) electrons. The Labute approximate surface area is 175 Å². The number of hydrogen-bond acceptors (Lipinski definition) is 5. The predicted octanol–water partition coefficient (Wildman–Crippen LogP) is 2.87. The van der Waals surface area contributed by atoms with Gasteiger partial charge in [-0.1, -0.05) is 26.0 Å². The minimum Gasteiger partial charge on any atom is -0.331 e. The number of likely N-dealkylation sites (tertiary alicyclic amines) is 1. The van der Waals surface area contributed by atoms with Crippen LogP contribution in [0.2, 0.25) is 0 Å². The summed E-state index contributed by atoms with van der Waals surface area (Å²) in [5, 5.41) is 7.52. The zero-order chi connectivity index (χ0) is 21.3. The first-order valence-electron chi connectivity index (χ1n) is 10.5. The molecule has 0 bridgehead atoms. The molecule has 1 saturated heterocycles. The van der Waals surface area contributed by atoms with Crippen LogP contribution in [0.5, 0.6) is 0 Å². The van der Waals surface area contributed by atoms with Crippen molar-refractivity contribution in [1.82, 2.24) is 24.5 Å². The molecule has 1 atom stereocenters. The minimum atomic E-state index is -0.476. The number of anilines is 1. The van der Waals surface area contributed by atoms with Gasteiger partial charge in [-0.2, -0.15) is 5.10 Å². The van der Waals surface area contributed by atoms with Gasteiger partial charge in [0.05, 0.1) is 23.3 Å². The number of fused-ring (bicyclic) bond motifs is 1. The highest BCUT2D eigenvalue weighted by Crippen LogP contribution is 2.22. The van der Waals surface area contributed by atoms with E-state index in [1.54, 1.807) is 16.3 Å². The van der Waals surface area contributed by atoms with Crippen LogP contribution in [0.15, 0.2) is 30.5 Å². The van der Waals surface area contributed by atoms with Gasteiger partial charge in [-0.15, -0.1) is 0 Å². The van der Waals surface area contributed by atoms with E-state index in [0.29, 0.717) is 24.4 Å². The number of nitrogens with one attached hydrogen (secondary N) is 1. The third-order valence-corrected chi connectivity index (χ3v) is 5.54. The van der Waals surface area contributed by atoms with Gasteiger partial charge in [0.2, 0.25) is 11.8 Å². The first kappa shape index (κ1) is 20.0. The molecule has 1 unspecified atom stereocenters. The Hall–Kier alpha value is -3.29. The average molecular weight is 406 g/mol. The van der Waals surface area contributed by atoms with Crippen molar-refractivity contribution in [2.45, 2.75) is 52.5 Å². The molecule has 2 amide bonds. The van der Waals surface area contributed by atoms with Crippen LogP contribution < -0.4 is 5.32 Å². The van der Waals surface area contributed by atoms with Crippen LogP contribution in [0, 0.1) is 0 Å². The van der Waals surface area contributed by atoms with Gasteiger partial charge in [0.25, 0.3) is 5.78 Å². The third kappa shape index (κ3) is 3.77. The molecular formula is C22H26N6O2. The van der Waals surface area contributed by atoms with Crippen molar-refractivity contribution in [3.05, 3.63) is 41.9 Å². The molecule has 1 aliphatic heterocycles. The van der Waals surface area contributed by atoms with Crippen molar-refractivity contribution in [2.75, 3.05) is 11.9 Å². The van der Waals surface area contributed by atoms with Gasteiger partial charge in [-0.05, 0) is 38.3 Å². The van der Waals surface area contributed by atoms with E-state index in [2.05, 4.69) is 34.2 Å². The number of benzene rings is 1. The third-order valence-electron chi connectivity index (χ3n) is 5.54. The molecule has 1 fully saturated rings. The molecule has 1 aromatic carbocycles. The Balaban J connectivity index is 1.50. The van der Waals surface area contributed by atoms with Crippen molar-refractivity contribution in [2.24, 2.45) is 0 Å². The monoisotopic (exact) mass is 406 g/mol. The summed E-state index contributed by atoms with van der Waals surface area (Å²) in [6.45, 7) is 6.54. The number of carbonyl (C=O) groups is 2. The van der Waals surface area contributed by atoms with E-state index in [9.17, 15) is 9.59 Å². The molecule has 3 aromatic rings. The second-order valence-electron chi connectivity index (χ2n) is 7.52. The SMILES string of the molecule is CCc1nc2nc(-c3ccc(NC(=O)C(C)N4CCCC4=O)cc3)cn2nc1CC. The fourth-order valence-electron chi connectivity index (χ4n) is 3.77. The van der Waals surface area contributed by atoms with Crippen LogP contribution in [0.4, 0.5) is 5.69 Å². The zero-order valence-electron chi connectivity index (χ0n) is 17.6. The second-order valence-corrected chi connectivity index (χ2v) is 7.52. The summed E-state index contributed by atoms with van der Waals surface area (Å²) < 4.78 is 1.72. The summed E-state index contributed by atoms with van der Waals surface area (Å²) >= 11 is 0. The predicted molar refractivity (Wildman–Crippen MR) is 114 cm³/mol. The van der Waals surface area contributed by atoms with Gasteiger partial charge in [-0.25, -0.2) is 14.5 Å². The first-order valence-corrected chi connectivity index (χ1v) is 10.5. The van der Waals surface area contributed by atoms with Gasteiger partial charge in [0.15, 0.2) is 0 Å². The summed E-state index contributed by atoms with van der Waals surface area (Å²) in [5.74, 6) is 0.443. The van der Waals surface area contributed by atoms with E-state index in [4.69, 9.17) is 0 Å². The van der Waals surface area contributed by atoms with Crippen LogP contribution in [0.3, 0.4) is 0 Å². The average Bonchev–Trinajstić information content (AvgIpc) is 3.38. The van der Waals surface area contributed by atoms with Crippen molar-refractivity contribution in [1.29, 1.82) is 0 Å². The molecule has 0 spiro atoms. The standard InChI is InChI=1S/C22H26N6O2/c1-4-17-18(5-2)26-28-13-19(25-22(28)24-17)15-8-10-16(11-9-15)23-21(30)14(3)27-12-6-7-20(27)29/h8-11,13-14H,4-7,12H2,1-3H3,(H,23,30). The maximum atomic E-state index is 12.5. The lowest BCUT2D eigenvalue weighted by Gasteiger charge is -2.23. The number of imidazole rings is 1. The lowest BCUT2D eigenvalue weighted by molar-refractivity contribution is -0.134. The Morgan fingerprint density at radius 3 is 2.50 bits per heavy atom. The molecule has 4 rings (SSSR count). The summed E-state index contributed by atoms with van der Waals surface area (Å²) in [5.41, 5.74) is 4.34. The molecule has 1 N–H and O–H groups in total. The van der Waals surface area contributed by atoms with Crippen LogP contribution >= 0.6 is 0 Å². The van der Waals surface area contributed by atoms with Crippen LogP contribution in [-0.2, 0) is 22.4 Å². The smallest absolute Gasteiger partial charge is 0.251 e. The number of nitrogens with zero attached hydrogens (tertiary/aromatic N) is 5. The highest BCUT2D eigenvalue weighted by molar-refractivity contribution is 5.97. The lowest BCUT2D eigenvalue weighted by Crippen LogP contribution is -2.42. The highest BCUT2D eigenvalue weighted by atomic mass is 16.2. The number of rotatable bonds is 6. The number of hydrogen-bond donors (Lipinski definition) is 1. The molecule has 3 heterocycles. The molecule has 30 heavy (non-hydrogen) atoms. The van der Waals surface area contributed by atoms with Gasteiger partial charge in [-0.3, -0.25) is 9.59 Å². The zero-order valence-corrected chi connectivity index (χ0v) is 17.6. The molecule has 8 heteroatoms. The molecule has 156 valence electrons. The number of aromatic nitrogens is 4. The summed E-state index contributed by atoms with van der Waals surface area (Å²) in [6.07, 6.45) is 4.86. The molecule has 0 saturated carbocycles. The molecule has 8 nitrogen and oxygen atoms in total. The first-order chi connectivity index (χ1) is 14.5. The Bertz CT molecular complexity index is 1050.